The van der Waals surface area contributed by atoms with E-state index in [1.165, 1.54) is 0 Å². The quantitative estimate of drug-likeness (QED) is 0.443. The zero-order valence-electron chi connectivity index (χ0n) is 11.3. The molecule has 19 heavy (non-hydrogen) atoms. The molecular formula is C14H19O4P. The predicted octanol–water partition coefficient (Wildman–Crippen LogP) is 2.86. The highest BCUT2D eigenvalue weighted by atomic mass is 31.2. The zero-order valence-corrected chi connectivity index (χ0v) is 12.2. The maximum atomic E-state index is 12.0. The van der Waals surface area contributed by atoms with E-state index in [4.69, 9.17) is 4.52 Å². The monoisotopic (exact) mass is 282 g/mol. The summed E-state index contributed by atoms with van der Waals surface area (Å²) < 4.78 is 16.7. The van der Waals surface area contributed by atoms with E-state index in [0.717, 1.165) is 6.08 Å². The third kappa shape index (κ3) is 5.40. The summed E-state index contributed by atoms with van der Waals surface area (Å²) in [6.45, 7) is 14.0. The molecule has 1 N–H and O–H groups in total. The lowest BCUT2D eigenvalue weighted by Gasteiger charge is -2.19. The zero-order chi connectivity index (χ0) is 15.1. The van der Waals surface area contributed by atoms with Gasteiger partial charge in [0.15, 0.2) is 11.4 Å². The van der Waals surface area contributed by atoms with Gasteiger partial charge in [-0.25, -0.2) is 0 Å². The molecule has 0 bridgehead atoms. The minimum Gasteiger partial charge on any atom is -0.324 e. The SMILES string of the molecule is C=CC(=O)C(C(=C)C#CC(=C)CC)P(=O)(O)OCC. The molecule has 0 aromatic heterocycles. The van der Waals surface area contributed by atoms with Crippen molar-refractivity contribution in [1.29, 1.82) is 0 Å². The van der Waals surface area contributed by atoms with E-state index in [1.807, 2.05) is 6.92 Å². The molecule has 0 radical (unpaired) electrons. The van der Waals surface area contributed by atoms with Gasteiger partial charge in [-0.3, -0.25) is 9.36 Å². The molecule has 0 heterocycles. The number of carbonyl (C=O) groups excluding carboxylic acids is 1. The molecule has 4 nitrogen and oxygen atoms in total. The smallest absolute Gasteiger partial charge is 0.324 e. The average Bonchev–Trinajstić information content (AvgIpc) is 2.35. The first-order valence-corrected chi connectivity index (χ1v) is 7.46. The topological polar surface area (TPSA) is 63.6 Å². The summed E-state index contributed by atoms with van der Waals surface area (Å²) in [5.74, 6) is 4.64. The molecule has 0 fully saturated rings. The first kappa shape index (κ1) is 17.6. The highest BCUT2D eigenvalue weighted by Crippen LogP contribution is 2.50. The lowest BCUT2D eigenvalue weighted by molar-refractivity contribution is -0.113. The Bertz CT molecular complexity index is 493. The van der Waals surface area contributed by atoms with Crippen LogP contribution in [0.4, 0.5) is 0 Å². The maximum Gasteiger partial charge on any atom is 0.343 e. The Labute approximate surface area is 114 Å². The molecule has 0 aliphatic carbocycles. The molecule has 0 amide bonds. The molecule has 104 valence electrons. The first-order valence-electron chi connectivity index (χ1n) is 5.82. The van der Waals surface area contributed by atoms with Crippen molar-refractivity contribution >= 4 is 13.4 Å². The minimum atomic E-state index is -4.15. The number of ketones is 1. The Balaban J connectivity index is 5.38. The molecule has 0 rings (SSSR count). The molecule has 0 saturated carbocycles. The summed E-state index contributed by atoms with van der Waals surface area (Å²) in [4.78, 5) is 21.5. The van der Waals surface area contributed by atoms with Crippen LogP contribution in [0.15, 0.2) is 37.0 Å². The number of allylic oxidation sites excluding steroid dienone is 3. The standard InChI is InChI=1S/C14H19O4P/c1-6-11(4)9-10-12(5)14(13(15)7-2)19(16,17)18-8-3/h7,14H,2,4-6,8H2,1,3H3,(H,16,17). The van der Waals surface area contributed by atoms with Gasteiger partial charge in [0, 0.05) is 5.57 Å². The fraction of sp³-hybridized carbons (Fsp3) is 0.357. The summed E-state index contributed by atoms with van der Waals surface area (Å²) in [6, 6.07) is 0. The van der Waals surface area contributed by atoms with Crippen LogP contribution in [-0.4, -0.2) is 22.9 Å². The molecule has 0 aromatic carbocycles. The molecule has 0 saturated heterocycles. The van der Waals surface area contributed by atoms with Crippen molar-refractivity contribution in [2.45, 2.75) is 25.9 Å². The van der Waals surface area contributed by atoms with Crippen LogP contribution in [0, 0.1) is 11.8 Å². The van der Waals surface area contributed by atoms with Gasteiger partial charge in [0.25, 0.3) is 0 Å². The normalized spacial score (nSPS) is 14.5. The number of hydrogen-bond acceptors (Lipinski definition) is 3. The van der Waals surface area contributed by atoms with E-state index in [-0.39, 0.29) is 12.2 Å². The molecule has 0 spiro atoms. The Kier molecular flexibility index (Phi) is 7.33. The second-order valence-electron chi connectivity index (χ2n) is 3.72. The first-order chi connectivity index (χ1) is 8.80. The summed E-state index contributed by atoms with van der Waals surface area (Å²) in [7, 11) is -4.15. The van der Waals surface area contributed by atoms with Gasteiger partial charge in [0.1, 0.15) is 0 Å². The second kappa shape index (κ2) is 7.91. The van der Waals surface area contributed by atoms with E-state index >= 15 is 0 Å². The highest BCUT2D eigenvalue weighted by Gasteiger charge is 2.38. The van der Waals surface area contributed by atoms with E-state index in [1.54, 1.807) is 6.92 Å². The van der Waals surface area contributed by atoms with Crippen molar-refractivity contribution in [2.75, 3.05) is 6.61 Å². The molecule has 0 aromatic rings. The molecule has 0 aliphatic heterocycles. The Morgan fingerprint density at radius 1 is 1.42 bits per heavy atom. The summed E-state index contributed by atoms with van der Waals surface area (Å²) in [5, 5.41) is 0. The van der Waals surface area contributed by atoms with Crippen molar-refractivity contribution in [3.8, 4) is 11.8 Å². The van der Waals surface area contributed by atoms with Gasteiger partial charge in [-0.2, -0.15) is 0 Å². The third-order valence-electron chi connectivity index (χ3n) is 2.27. The van der Waals surface area contributed by atoms with Crippen molar-refractivity contribution in [1.82, 2.24) is 0 Å². The van der Waals surface area contributed by atoms with Crippen LogP contribution in [0.25, 0.3) is 0 Å². The maximum absolute atomic E-state index is 12.0. The van der Waals surface area contributed by atoms with Crippen LogP contribution in [-0.2, 0) is 13.9 Å². The summed E-state index contributed by atoms with van der Waals surface area (Å²) in [5.41, 5.74) is -0.726. The minimum absolute atomic E-state index is 0.0110. The lowest BCUT2D eigenvalue weighted by Crippen LogP contribution is -2.22. The molecule has 2 atom stereocenters. The van der Waals surface area contributed by atoms with Crippen molar-refractivity contribution in [3.05, 3.63) is 37.0 Å². The number of carbonyl (C=O) groups is 1. The summed E-state index contributed by atoms with van der Waals surface area (Å²) in [6.07, 6.45) is 1.62. The van der Waals surface area contributed by atoms with E-state index in [2.05, 4.69) is 31.6 Å². The van der Waals surface area contributed by atoms with Crippen LogP contribution in [0.2, 0.25) is 0 Å². The highest BCUT2D eigenvalue weighted by molar-refractivity contribution is 7.55. The Morgan fingerprint density at radius 3 is 2.42 bits per heavy atom. The van der Waals surface area contributed by atoms with Crippen molar-refractivity contribution in [3.63, 3.8) is 0 Å². The fourth-order valence-corrected chi connectivity index (χ4v) is 2.63. The van der Waals surface area contributed by atoms with E-state index in [0.29, 0.717) is 12.0 Å². The number of hydrogen-bond donors (Lipinski definition) is 1. The third-order valence-corrected chi connectivity index (χ3v) is 4.11. The van der Waals surface area contributed by atoms with Gasteiger partial charge in [-0.05, 0) is 25.0 Å². The van der Waals surface area contributed by atoms with Crippen LogP contribution in [0.5, 0.6) is 0 Å². The molecular weight excluding hydrogens is 263 g/mol. The fourth-order valence-electron chi connectivity index (χ4n) is 1.23. The van der Waals surface area contributed by atoms with Crippen LogP contribution >= 0.6 is 7.60 Å². The van der Waals surface area contributed by atoms with Crippen LogP contribution in [0.3, 0.4) is 0 Å². The summed E-state index contributed by atoms with van der Waals surface area (Å²) >= 11 is 0. The largest absolute Gasteiger partial charge is 0.343 e. The van der Waals surface area contributed by atoms with Gasteiger partial charge >= 0.3 is 7.60 Å². The lowest BCUT2D eigenvalue weighted by atomic mass is 10.1. The van der Waals surface area contributed by atoms with Gasteiger partial charge in [0.05, 0.1) is 6.61 Å². The Morgan fingerprint density at radius 2 is 2.00 bits per heavy atom. The van der Waals surface area contributed by atoms with Crippen LogP contribution < -0.4 is 0 Å². The second-order valence-corrected chi connectivity index (χ2v) is 5.63. The van der Waals surface area contributed by atoms with E-state index in [9.17, 15) is 14.3 Å². The van der Waals surface area contributed by atoms with Crippen molar-refractivity contribution < 1.29 is 18.8 Å². The Hall–Kier alpha value is -1.40. The van der Waals surface area contributed by atoms with Gasteiger partial charge < -0.3 is 9.42 Å². The molecule has 0 aliphatic rings. The van der Waals surface area contributed by atoms with Gasteiger partial charge in [-0.15, -0.1) is 0 Å². The molecule has 5 heteroatoms. The van der Waals surface area contributed by atoms with E-state index < -0.39 is 19.0 Å². The number of rotatable bonds is 7. The van der Waals surface area contributed by atoms with Crippen LogP contribution in [0.1, 0.15) is 20.3 Å². The predicted molar refractivity (Wildman–Crippen MR) is 76.8 cm³/mol. The van der Waals surface area contributed by atoms with Gasteiger partial charge in [-0.1, -0.05) is 38.5 Å². The van der Waals surface area contributed by atoms with Gasteiger partial charge in [0.2, 0.25) is 0 Å². The van der Waals surface area contributed by atoms with Crippen molar-refractivity contribution in [2.24, 2.45) is 0 Å². The average molecular weight is 282 g/mol. The molecule has 2 unspecified atom stereocenters.